The van der Waals surface area contributed by atoms with Crippen LogP contribution in [0, 0.1) is 0 Å². The monoisotopic (exact) mass is 323 g/mol. The third-order valence-corrected chi connectivity index (χ3v) is 5.82. The van der Waals surface area contributed by atoms with E-state index in [0.29, 0.717) is 5.96 Å². The number of likely N-dealkylation sites (tertiary alicyclic amines) is 2. The van der Waals surface area contributed by atoms with Crippen LogP contribution in [0.15, 0.2) is 4.99 Å². The second kappa shape index (κ2) is 7.81. The standard InChI is InChI=1S/C17H33N5O/c1-20-9-5-17(6-10-20,22-7-3-2-4-8-22)15-19-16(18)21-11-13-23-14-12-21/h2-15H2,1H3,(H2,18,19). The van der Waals surface area contributed by atoms with Gasteiger partial charge in [0.1, 0.15) is 0 Å². The molecule has 3 aliphatic heterocycles. The van der Waals surface area contributed by atoms with E-state index in [1.807, 2.05) is 0 Å². The SMILES string of the molecule is CN1CCC(CN=C(N)N2CCOCC2)(N2CCCCC2)CC1. The van der Waals surface area contributed by atoms with Gasteiger partial charge in [-0.2, -0.15) is 0 Å². The van der Waals surface area contributed by atoms with E-state index in [-0.39, 0.29) is 5.54 Å². The zero-order chi connectivity index (χ0) is 16.1. The highest BCUT2D eigenvalue weighted by atomic mass is 16.5. The van der Waals surface area contributed by atoms with Crippen molar-refractivity contribution in [3.63, 3.8) is 0 Å². The summed E-state index contributed by atoms with van der Waals surface area (Å²) in [5, 5.41) is 0. The normalized spacial score (nSPS) is 28.0. The minimum Gasteiger partial charge on any atom is -0.378 e. The molecular formula is C17H33N5O. The molecule has 2 N–H and O–H groups in total. The van der Waals surface area contributed by atoms with Crippen molar-refractivity contribution in [3.8, 4) is 0 Å². The minimum atomic E-state index is 0.226. The number of ether oxygens (including phenoxy) is 1. The Bertz CT molecular complexity index is 394. The zero-order valence-electron chi connectivity index (χ0n) is 14.7. The lowest BCUT2D eigenvalue weighted by molar-refractivity contribution is 0.0203. The first kappa shape index (κ1) is 17.0. The molecule has 0 bridgehead atoms. The van der Waals surface area contributed by atoms with Gasteiger partial charge in [0.2, 0.25) is 0 Å². The maximum absolute atomic E-state index is 6.27. The van der Waals surface area contributed by atoms with Gasteiger partial charge in [-0.3, -0.25) is 9.89 Å². The van der Waals surface area contributed by atoms with Gasteiger partial charge in [0.25, 0.3) is 0 Å². The molecular weight excluding hydrogens is 290 g/mol. The van der Waals surface area contributed by atoms with E-state index in [1.165, 1.54) is 58.3 Å². The molecule has 0 aliphatic carbocycles. The van der Waals surface area contributed by atoms with Gasteiger partial charge in [-0.15, -0.1) is 0 Å². The van der Waals surface area contributed by atoms with Gasteiger partial charge in [0.15, 0.2) is 5.96 Å². The quantitative estimate of drug-likeness (QED) is 0.608. The van der Waals surface area contributed by atoms with Crippen LogP contribution < -0.4 is 5.73 Å². The molecule has 3 saturated heterocycles. The van der Waals surface area contributed by atoms with Gasteiger partial charge in [-0.1, -0.05) is 6.42 Å². The predicted molar refractivity (Wildman–Crippen MR) is 93.8 cm³/mol. The Hall–Kier alpha value is -0.850. The molecule has 132 valence electrons. The molecule has 0 spiro atoms. The van der Waals surface area contributed by atoms with Crippen molar-refractivity contribution in [2.75, 3.05) is 66.1 Å². The molecule has 3 aliphatic rings. The molecule has 0 atom stereocenters. The molecule has 0 radical (unpaired) electrons. The molecule has 0 aromatic heterocycles. The van der Waals surface area contributed by atoms with E-state index in [9.17, 15) is 0 Å². The highest BCUT2D eigenvalue weighted by Gasteiger charge is 2.39. The number of hydrogen-bond acceptors (Lipinski definition) is 4. The lowest BCUT2D eigenvalue weighted by Gasteiger charge is -2.49. The fourth-order valence-electron chi connectivity index (χ4n) is 4.10. The van der Waals surface area contributed by atoms with E-state index < -0.39 is 0 Å². The van der Waals surface area contributed by atoms with Crippen LogP contribution in [0.1, 0.15) is 32.1 Å². The second-order valence-electron chi connectivity index (χ2n) is 7.35. The number of piperidine rings is 2. The molecule has 0 aromatic carbocycles. The van der Waals surface area contributed by atoms with Gasteiger partial charge in [-0.05, 0) is 58.9 Å². The van der Waals surface area contributed by atoms with Crippen LogP contribution in [0.4, 0.5) is 0 Å². The number of guanidine groups is 1. The van der Waals surface area contributed by atoms with Gasteiger partial charge in [0.05, 0.1) is 19.8 Å². The van der Waals surface area contributed by atoms with Crippen molar-refractivity contribution in [1.82, 2.24) is 14.7 Å². The summed E-state index contributed by atoms with van der Waals surface area (Å²) in [4.78, 5) is 12.2. The van der Waals surface area contributed by atoms with Crippen molar-refractivity contribution < 1.29 is 4.74 Å². The van der Waals surface area contributed by atoms with E-state index in [1.54, 1.807) is 0 Å². The van der Waals surface area contributed by atoms with Crippen LogP contribution in [0.5, 0.6) is 0 Å². The topological polar surface area (TPSA) is 57.3 Å². The lowest BCUT2D eigenvalue weighted by Crippen LogP contribution is -2.58. The lowest BCUT2D eigenvalue weighted by atomic mass is 9.84. The number of aliphatic imine (C=N–C) groups is 1. The summed E-state index contributed by atoms with van der Waals surface area (Å²) >= 11 is 0. The molecule has 0 saturated carbocycles. The Balaban J connectivity index is 1.67. The number of rotatable bonds is 3. The highest BCUT2D eigenvalue weighted by molar-refractivity contribution is 5.78. The Morgan fingerprint density at radius 2 is 1.65 bits per heavy atom. The van der Waals surface area contributed by atoms with Crippen LogP contribution in [0.3, 0.4) is 0 Å². The minimum absolute atomic E-state index is 0.226. The van der Waals surface area contributed by atoms with Gasteiger partial charge < -0.3 is 20.3 Å². The Morgan fingerprint density at radius 3 is 2.30 bits per heavy atom. The number of hydrogen-bond donors (Lipinski definition) is 1. The molecule has 3 rings (SSSR count). The summed E-state index contributed by atoms with van der Waals surface area (Å²) in [7, 11) is 2.23. The molecule has 23 heavy (non-hydrogen) atoms. The average Bonchev–Trinajstić information content (AvgIpc) is 2.63. The van der Waals surface area contributed by atoms with E-state index in [0.717, 1.165) is 32.8 Å². The molecule has 3 heterocycles. The second-order valence-corrected chi connectivity index (χ2v) is 7.35. The molecule has 3 fully saturated rings. The van der Waals surface area contributed by atoms with Crippen molar-refractivity contribution in [1.29, 1.82) is 0 Å². The average molecular weight is 323 g/mol. The Labute approximate surface area is 140 Å². The summed E-state index contributed by atoms with van der Waals surface area (Å²) in [6, 6.07) is 0. The van der Waals surface area contributed by atoms with Crippen LogP contribution in [0.2, 0.25) is 0 Å². The number of nitrogens with two attached hydrogens (primary N) is 1. The number of morpholine rings is 1. The predicted octanol–water partition coefficient (Wildman–Crippen LogP) is 0.584. The van der Waals surface area contributed by atoms with E-state index in [4.69, 9.17) is 15.5 Å². The van der Waals surface area contributed by atoms with Crippen LogP contribution >= 0.6 is 0 Å². The summed E-state index contributed by atoms with van der Waals surface area (Å²) < 4.78 is 5.41. The summed E-state index contributed by atoms with van der Waals surface area (Å²) in [6.45, 7) is 8.92. The number of nitrogens with zero attached hydrogens (tertiary/aromatic N) is 4. The molecule has 6 heteroatoms. The molecule has 0 amide bonds. The summed E-state index contributed by atoms with van der Waals surface area (Å²) in [5.41, 5.74) is 6.50. The fourth-order valence-corrected chi connectivity index (χ4v) is 4.10. The maximum atomic E-state index is 6.27. The zero-order valence-corrected chi connectivity index (χ0v) is 14.7. The van der Waals surface area contributed by atoms with Crippen LogP contribution in [-0.4, -0.2) is 92.3 Å². The third kappa shape index (κ3) is 4.17. The fraction of sp³-hybridized carbons (Fsp3) is 0.941. The maximum Gasteiger partial charge on any atom is 0.191 e. The molecule has 6 nitrogen and oxygen atoms in total. The first-order valence-electron chi connectivity index (χ1n) is 9.26. The molecule has 0 aromatic rings. The van der Waals surface area contributed by atoms with Crippen LogP contribution in [-0.2, 0) is 4.74 Å². The first-order valence-corrected chi connectivity index (χ1v) is 9.26. The highest BCUT2D eigenvalue weighted by Crippen LogP contribution is 2.31. The van der Waals surface area contributed by atoms with Crippen molar-refractivity contribution in [3.05, 3.63) is 0 Å². The van der Waals surface area contributed by atoms with Crippen LogP contribution in [0.25, 0.3) is 0 Å². The summed E-state index contributed by atoms with van der Waals surface area (Å²) in [6.07, 6.45) is 6.47. The van der Waals surface area contributed by atoms with Crippen molar-refractivity contribution in [2.24, 2.45) is 10.7 Å². The summed E-state index contributed by atoms with van der Waals surface area (Å²) in [5.74, 6) is 0.712. The van der Waals surface area contributed by atoms with Gasteiger partial charge in [0, 0.05) is 18.6 Å². The van der Waals surface area contributed by atoms with E-state index in [2.05, 4.69) is 21.7 Å². The van der Waals surface area contributed by atoms with Gasteiger partial charge >= 0.3 is 0 Å². The Morgan fingerprint density at radius 1 is 1.00 bits per heavy atom. The smallest absolute Gasteiger partial charge is 0.191 e. The van der Waals surface area contributed by atoms with Crippen molar-refractivity contribution in [2.45, 2.75) is 37.6 Å². The third-order valence-electron chi connectivity index (χ3n) is 5.82. The Kier molecular flexibility index (Phi) is 5.77. The largest absolute Gasteiger partial charge is 0.378 e. The van der Waals surface area contributed by atoms with E-state index >= 15 is 0 Å². The molecule has 0 unspecified atom stereocenters. The van der Waals surface area contributed by atoms with Gasteiger partial charge in [-0.25, -0.2) is 0 Å². The first-order chi connectivity index (χ1) is 11.2. The van der Waals surface area contributed by atoms with Crippen molar-refractivity contribution >= 4 is 5.96 Å².